The number of cyclic esters (lactones) is 2. The zero-order valence-corrected chi connectivity index (χ0v) is 15.3. The van der Waals surface area contributed by atoms with Crippen molar-refractivity contribution in [2.24, 2.45) is 0 Å². The van der Waals surface area contributed by atoms with Crippen LogP contribution in [0.1, 0.15) is 85.9 Å². The smallest absolute Gasteiger partial charge is 0.347 e. The Morgan fingerprint density at radius 3 is 1.56 bits per heavy atom. The summed E-state index contributed by atoms with van der Waals surface area (Å²) >= 11 is 0. The molecule has 0 fully saturated rings. The molecule has 0 unspecified atom stereocenters. The summed E-state index contributed by atoms with van der Waals surface area (Å²) in [6.07, 6.45) is 8.79. The molecule has 0 N–H and O–H groups in total. The van der Waals surface area contributed by atoms with Crippen LogP contribution in [0.25, 0.3) is 0 Å². The van der Waals surface area contributed by atoms with Gasteiger partial charge < -0.3 is 14.2 Å². The summed E-state index contributed by atoms with van der Waals surface area (Å²) in [5, 5.41) is 0. The topological polar surface area (TPSA) is 61.8 Å². The number of unbranched alkanes of at least 4 members (excludes halogenated alkanes) is 6. The number of esters is 2. The van der Waals surface area contributed by atoms with Crippen molar-refractivity contribution in [3.05, 3.63) is 23.3 Å². The maximum atomic E-state index is 11.7. The fourth-order valence-electron chi connectivity index (χ4n) is 2.74. The van der Waals surface area contributed by atoms with E-state index in [4.69, 9.17) is 9.47 Å². The summed E-state index contributed by atoms with van der Waals surface area (Å²) in [7, 11) is 0. The van der Waals surface area contributed by atoms with Gasteiger partial charge >= 0.3 is 11.9 Å². The highest BCUT2D eigenvalue weighted by Gasteiger charge is 2.32. The summed E-state index contributed by atoms with van der Waals surface area (Å²) < 4.78 is 16.3. The van der Waals surface area contributed by atoms with Crippen molar-refractivity contribution in [1.29, 1.82) is 0 Å². The Hall–Kier alpha value is -2.04. The Morgan fingerprint density at radius 2 is 1.16 bits per heavy atom. The Balaban J connectivity index is 2.04. The molecule has 1 aromatic carbocycles. The van der Waals surface area contributed by atoms with Crippen LogP contribution in [0, 0.1) is 0 Å². The number of ether oxygens (including phenoxy) is 3. The number of fused-ring (bicyclic) bond motifs is 1. The molecule has 1 heterocycles. The fraction of sp³-hybridized carbons (Fsp3) is 0.600. The van der Waals surface area contributed by atoms with Crippen molar-refractivity contribution in [2.75, 3.05) is 13.2 Å². The quantitative estimate of drug-likeness (QED) is 0.305. The largest absolute Gasteiger partial charge is 0.490 e. The average Bonchev–Trinajstić information content (AvgIpc) is 2.88. The number of benzene rings is 1. The third kappa shape index (κ3) is 5.48. The Kier molecular flexibility index (Phi) is 7.76. The van der Waals surface area contributed by atoms with Crippen LogP contribution in [-0.4, -0.2) is 25.2 Å². The van der Waals surface area contributed by atoms with Gasteiger partial charge in [0.05, 0.1) is 24.3 Å². The molecule has 0 atom stereocenters. The lowest BCUT2D eigenvalue weighted by molar-refractivity contribution is 0.0443. The van der Waals surface area contributed by atoms with E-state index in [1.165, 1.54) is 25.7 Å². The van der Waals surface area contributed by atoms with Gasteiger partial charge in [-0.25, -0.2) is 9.59 Å². The molecule has 0 spiro atoms. The molecule has 0 radical (unpaired) electrons. The molecule has 25 heavy (non-hydrogen) atoms. The standard InChI is InChI=1S/C20H28O5/c1-3-5-7-9-11-23-17-13-15-16(20(22)25-19(15)21)14-18(17)24-12-10-8-6-4-2/h13-14H,3-12H2,1-2H3. The van der Waals surface area contributed by atoms with E-state index in [1.807, 2.05) is 0 Å². The molecule has 5 nitrogen and oxygen atoms in total. The van der Waals surface area contributed by atoms with Gasteiger partial charge in [0.2, 0.25) is 0 Å². The van der Waals surface area contributed by atoms with Crippen molar-refractivity contribution in [1.82, 2.24) is 0 Å². The Morgan fingerprint density at radius 1 is 0.720 bits per heavy atom. The predicted molar refractivity (Wildman–Crippen MR) is 95.5 cm³/mol. The van der Waals surface area contributed by atoms with E-state index in [9.17, 15) is 9.59 Å². The molecule has 5 heteroatoms. The van der Waals surface area contributed by atoms with E-state index < -0.39 is 11.9 Å². The van der Waals surface area contributed by atoms with Gasteiger partial charge in [0.25, 0.3) is 0 Å². The fourth-order valence-corrected chi connectivity index (χ4v) is 2.74. The summed E-state index contributed by atoms with van der Waals surface area (Å²) in [5.74, 6) is -0.217. The van der Waals surface area contributed by atoms with Crippen LogP contribution in [-0.2, 0) is 4.74 Å². The van der Waals surface area contributed by atoms with Crippen molar-refractivity contribution < 1.29 is 23.8 Å². The van der Waals surface area contributed by atoms with Gasteiger partial charge in [0.15, 0.2) is 11.5 Å². The third-order valence-electron chi connectivity index (χ3n) is 4.22. The second-order valence-corrected chi connectivity index (χ2v) is 6.34. The van der Waals surface area contributed by atoms with Gasteiger partial charge in [0.1, 0.15) is 0 Å². The van der Waals surface area contributed by atoms with Crippen LogP contribution in [0.3, 0.4) is 0 Å². The zero-order chi connectivity index (χ0) is 18.1. The highest BCUT2D eigenvalue weighted by atomic mass is 16.6. The summed E-state index contributed by atoms with van der Waals surface area (Å²) in [5.41, 5.74) is 0.513. The van der Waals surface area contributed by atoms with Gasteiger partial charge in [-0.2, -0.15) is 0 Å². The van der Waals surface area contributed by atoms with Crippen LogP contribution in [0.4, 0.5) is 0 Å². The minimum Gasteiger partial charge on any atom is -0.490 e. The molecular formula is C20H28O5. The van der Waals surface area contributed by atoms with E-state index in [1.54, 1.807) is 12.1 Å². The molecule has 0 saturated carbocycles. The Labute approximate surface area is 149 Å². The highest BCUT2D eigenvalue weighted by Crippen LogP contribution is 2.34. The molecule has 1 aromatic rings. The van der Waals surface area contributed by atoms with Crippen molar-refractivity contribution in [3.63, 3.8) is 0 Å². The molecule has 1 aliphatic rings. The first-order valence-corrected chi connectivity index (χ1v) is 9.37. The monoisotopic (exact) mass is 348 g/mol. The lowest BCUT2D eigenvalue weighted by atomic mass is 10.1. The lowest BCUT2D eigenvalue weighted by Gasteiger charge is -2.13. The van der Waals surface area contributed by atoms with E-state index >= 15 is 0 Å². The second kappa shape index (κ2) is 10.1. The van der Waals surface area contributed by atoms with Gasteiger partial charge in [-0.3, -0.25) is 0 Å². The minimum atomic E-state index is -0.620. The van der Waals surface area contributed by atoms with E-state index in [2.05, 4.69) is 18.6 Å². The van der Waals surface area contributed by atoms with Crippen LogP contribution < -0.4 is 9.47 Å². The maximum Gasteiger partial charge on any atom is 0.347 e. The molecule has 2 rings (SSSR count). The molecule has 1 aliphatic heterocycles. The first-order valence-electron chi connectivity index (χ1n) is 9.37. The average molecular weight is 348 g/mol. The van der Waals surface area contributed by atoms with Crippen molar-refractivity contribution >= 4 is 11.9 Å². The summed E-state index contributed by atoms with van der Waals surface area (Å²) in [6, 6.07) is 3.15. The molecule has 0 saturated heterocycles. The minimum absolute atomic E-state index is 0.256. The van der Waals surface area contributed by atoms with Crippen LogP contribution in [0.2, 0.25) is 0 Å². The molecule has 0 amide bonds. The lowest BCUT2D eigenvalue weighted by Crippen LogP contribution is -2.05. The SMILES string of the molecule is CCCCCCOc1cc2c(cc1OCCCCCC)C(=O)OC2=O. The number of carbonyl (C=O) groups is 2. The number of rotatable bonds is 12. The van der Waals surface area contributed by atoms with Gasteiger partial charge in [-0.1, -0.05) is 52.4 Å². The van der Waals surface area contributed by atoms with Crippen molar-refractivity contribution in [2.45, 2.75) is 65.2 Å². The first-order chi connectivity index (χ1) is 12.2. The van der Waals surface area contributed by atoms with Crippen LogP contribution in [0.5, 0.6) is 11.5 Å². The normalized spacial score (nSPS) is 12.9. The van der Waals surface area contributed by atoms with Crippen molar-refractivity contribution in [3.8, 4) is 11.5 Å². The van der Waals surface area contributed by atoms with Gasteiger partial charge in [-0.15, -0.1) is 0 Å². The number of hydrogen-bond donors (Lipinski definition) is 0. The number of carbonyl (C=O) groups excluding carboxylic acids is 2. The molecule has 0 aliphatic carbocycles. The van der Waals surface area contributed by atoms with E-state index in [-0.39, 0.29) is 11.1 Å². The Bertz CT molecular complexity index is 543. The van der Waals surface area contributed by atoms with Gasteiger partial charge in [0, 0.05) is 0 Å². The molecule has 0 aromatic heterocycles. The predicted octanol–water partition coefficient (Wildman–Crippen LogP) is 4.92. The molecule has 0 bridgehead atoms. The summed E-state index contributed by atoms with van der Waals surface area (Å²) in [4.78, 5) is 23.5. The zero-order valence-electron chi connectivity index (χ0n) is 15.3. The second-order valence-electron chi connectivity index (χ2n) is 6.34. The molecular weight excluding hydrogens is 320 g/mol. The maximum absolute atomic E-state index is 11.7. The van der Waals surface area contributed by atoms with E-state index in [0.29, 0.717) is 24.7 Å². The van der Waals surface area contributed by atoms with Gasteiger partial charge in [-0.05, 0) is 25.0 Å². The van der Waals surface area contributed by atoms with Crippen LogP contribution in [0.15, 0.2) is 12.1 Å². The molecule has 138 valence electrons. The first kappa shape index (κ1) is 19.3. The van der Waals surface area contributed by atoms with Crippen LogP contribution >= 0.6 is 0 Å². The van der Waals surface area contributed by atoms with E-state index in [0.717, 1.165) is 25.7 Å². The number of hydrogen-bond acceptors (Lipinski definition) is 5. The highest BCUT2D eigenvalue weighted by molar-refractivity contribution is 6.15. The third-order valence-corrected chi connectivity index (χ3v) is 4.22. The summed E-state index contributed by atoms with van der Waals surface area (Å²) in [6.45, 7) is 5.45.